The zero-order valence-electron chi connectivity index (χ0n) is 15.2. The Bertz CT molecular complexity index is 847. The molecule has 0 unspecified atom stereocenters. The van der Waals surface area contributed by atoms with Crippen molar-refractivity contribution in [2.75, 3.05) is 11.5 Å². The summed E-state index contributed by atoms with van der Waals surface area (Å²) in [5, 5.41) is 0. The minimum atomic E-state index is -0.807. The number of imide groups is 1. The molecule has 1 aliphatic rings. The Morgan fingerprint density at radius 3 is 2.41 bits per heavy atom. The third kappa shape index (κ3) is 4.15. The number of anilines is 1. The fourth-order valence-electron chi connectivity index (χ4n) is 2.80. The number of hydrazine groups is 1. The predicted octanol–water partition coefficient (Wildman–Crippen LogP) is 1.96. The SMILES string of the molecule is CCOc1ccc(N2C(=O)C[C@H](NNC(=O)c3ccc(C)cc3)C2=O)cc1. The van der Waals surface area contributed by atoms with Crippen LogP contribution in [-0.4, -0.2) is 30.4 Å². The Hall–Kier alpha value is -3.19. The summed E-state index contributed by atoms with van der Waals surface area (Å²) in [6.07, 6.45) is -0.0276. The number of ether oxygens (including phenoxy) is 1. The molecule has 1 aliphatic heterocycles. The highest BCUT2D eigenvalue weighted by atomic mass is 16.5. The number of benzene rings is 2. The molecule has 2 aromatic rings. The molecule has 1 fully saturated rings. The largest absolute Gasteiger partial charge is 0.494 e. The van der Waals surface area contributed by atoms with Crippen LogP contribution in [0.2, 0.25) is 0 Å². The summed E-state index contributed by atoms with van der Waals surface area (Å²) in [4.78, 5) is 38.1. The number of hydrogen-bond donors (Lipinski definition) is 2. The number of nitrogens with one attached hydrogen (secondary N) is 2. The quantitative estimate of drug-likeness (QED) is 0.602. The lowest BCUT2D eigenvalue weighted by molar-refractivity contribution is -0.121. The van der Waals surface area contributed by atoms with Gasteiger partial charge >= 0.3 is 0 Å². The van der Waals surface area contributed by atoms with Crippen LogP contribution in [0.3, 0.4) is 0 Å². The molecule has 1 heterocycles. The molecule has 27 heavy (non-hydrogen) atoms. The highest BCUT2D eigenvalue weighted by Gasteiger charge is 2.39. The van der Waals surface area contributed by atoms with Crippen molar-refractivity contribution in [2.24, 2.45) is 0 Å². The molecule has 0 spiro atoms. The Kier molecular flexibility index (Phi) is 5.52. The lowest BCUT2D eigenvalue weighted by Gasteiger charge is -2.16. The molecule has 1 saturated heterocycles. The molecular formula is C20H21N3O4. The molecular weight excluding hydrogens is 346 g/mol. The number of carbonyl (C=O) groups excluding carboxylic acids is 3. The summed E-state index contributed by atoms with van der Waals surface area (Å²) in [6, 6.07) is 13.0. The number of carbonyl (C=O) groups is 3. The van der Waals surface area contributed by atoms with Gasteiger partial charge in [0, 0.05) is 5.56 Å². The fraction of sp³-hybridized carbons (Fsp3) is 0.250. The van der Waals surface area contributed by atoms with Crippen LogP contribution in [0.25, 0.3) is 0 Å². The van der Waals surface area contributed by atoms with E-state index in [-0.39, 0.29) is 18.2 Å². The van der Waals surface area contributed by atoms with Gasteiger partial charge in [-0.25, -0.2) is 10.3 Å². The van der Waals surface area contributed by atoms with Crippen molar-refractivity contribution in [2.45, 2.75) is 26.3 Å². The molecule has 7 nitrogen and oxygen atoms in total. The van der Waals surface area contributed by atoms with Crippen molar-refractivity contribution < 1.29 is 19.1 Å². The third-order valence-corrected chi connectivity index (χ3v) is 4.23. The molecule has 2 N–H and O–H groups in total. The lowest BCUT2D eigenvalue weighted by Crippen LogP contribution is -2.48. The fourth-order valence-corrected chi connectivity index (χ4v) is 2.80. The number of aryl methyl sites for hydroxylation is 1. The smallest absolute Gasteiger partial charge is 0.265 e. The minimum absolute atomic E-state index is 0.0276. The van der Waals surface area contributed by atoms with Crippen LogP contribution in [-0.2, 0) is 9.59 Å². The van der Waals surface area contributed by atoms with Gasteiger partial charge < -0.3 is 4.74 Å². The van der Waals surface area contributed by atoms with Crippen LogP contribution >= 0.6 is 0 Å². The molecule has 0 aliphatic carbocycles. The van der Waals surface area contributed by atoms with Gasteiger partial charge in [-0.2, -0.15) is 0 Å². The van der Waals surface area contributed by atoms with Crippen molar-refractivity contribution in [1.82, 2.24) is 10.9 Å². The first-order valence-corrected chi connectivity index (χ1v) is 8.71. The van der Waals surface area contributed by atoms with Gasteiger partial charge in [0.1, 0.15) is 11.8 Å². The van der Waals surface area contributed by atoms with Gasteiger partial charge in [-0.3, -0.25) is 19.8 Å². The average molecular weight is 367 g/mol. The Morgan fingerprint density at radius 2 is 1.78 bits per heavy atom. The average Bonchev–Trinajstić information content (AvgIpc) is 2.95. The van der Waals surface area contributed by atoms with Crippen LogP contribution in [0.5, 0.6) is 5.75 Å². The van der Waals surface area contributed by atoms with E-state index in [0.29, 0.717) is 23.6 Å². The van der Waals surface area contributed by atoms with E-state index in [4.69, 9.17) is 4.74 Å². The summed E-state index contributed by atoms with van der Waals surface area (Å²) < 4.78 is 5.36. The van der Waals surface area contributed by atoms with Gasteiger partial charge in [0.05, 0.1) is 18.7 Å². The first-order valence-electron chi connectivity index (χ1n) is 8.71. The summed E-state index contributed by atoms with van der Waals surface area (Å²) in [6.45, 7) is 4.34. The molecule has 0 bridgehead atoms. The normalized spacial score (nSPS) is 16.5. The number of hydrogen-bond acceptors (Lipinski definition) is 5. The maximum atomic E-state index is 12.6. The van der Waals surface area contributed by atoms with Crippen LogP contribution in [0.1, 0.15) is 29.3 Å². The van der Waals surface area contributed by atoms with E-state index in [9.17, 15) is 14.4 Å². The summed E-state index contributed by atoms with van der Waals surface area (Å²) in [5.74, 6) is -0.435. The molecule has 2 aromatic carbocycles. The molecule has 140 valence electrons. The maximum absolute atomic E-state index is 12.6. The van der Waals surface area contributed by atoms with Gasteiger partial charge in [0.2, 0.25) is 5.91 Å². The summed E-state index contributed by atoms with van der Waals surface area (Å²) >= 11 is 0. The second-order valence-corrected chi connectivity index (χ2v) is 6.22. The van der Waals surface area contributed by atoms with E-state index in [2.05, 4.69) is 10.9 Å². The highest BCUT2D eigenvalue weighted by molar-refractivity contribution is 6.22. The monoisotopic (exact) mass is 367 g/mol. The lowest BCUT2D eigenvalue weighted by atomic mass is 10.1. The highest BCUT2D eigenvalue weighted by Crippen LogP contribution is 2.25. The first-order chi connectivity index (χ1) is 13.0. The predicted molar refractivity (Wildman–Crippen MR) is 100 cm³/mol. The maximum Gasteiger partial charge on any atom is 0.265 e. The van der Waals surface area contributed by atoms with Crippen molar-refractivity contribution in [3.8, 4) is 5.75 Å². The molecule has 3 rings (SSSR count). The second kappa shape index (κ2) is 8.01. The molecule has 0 aromatic heterocycles. The topological polar surface area (TPSA) is 87.7 Å². The summed E-state index contributed by atoms with van der Waals surface area (Å²) in [7, 11) is 0. The standard InChI is InChI=1S/C20H21N3O4/c1-3-27-16-10-8-15(9-11-16)23-18(24)12-17(20(23)26)21-22-19(25)14-6-4-13(2)5-7-14/h4-11,17,21H,3,12H2,1-2H3,(H,22,25)/t17-/m0/s1. The number of nitrogens with zero attached hydrogens (tertiary/aromatic N) is 1. The van der Waals surface area contributed by atoms with Crippen LogP contribution in [0, 0.1) is 6.92 Å². The van der Waals surface area contributed by atoms with Crippen molar-refractivity contribution in [1.29, 1.82) is 0 Å². The van der Waals surface area contributed by atoms with Crippen LogP contribution in [0.4, 0.5) is 5.69 Å². The van der Waals surface area contributed by atoms with Crippen molar-refractivity contribution in [3.63, 3.8) is 0 Å². The van der Waals surface area contributed by atoms with Gasteiger partial charge in [0.25, 0.3) is 11.8 Å². The number of rotatable bonds is 6. The zero-order chi connectivity index (χ0) is 19.4. The van der Waals surface area contributed by atoms with Gasteiger partial charge in [-0.05, 0) is 50.2 Å². The van der Waals surface area contributed by atoms with Gasteiger partial charge in [-0.15, -0.1) is 0 Å². The molecule has 3 amide bonds. The molecule has 7 heteroatoms. The van der Waals surface area contributed by atoms with E-state index < -0.39 is 11.9 Å². The third-order valence-electron chi connectivity index (χ3n) is 4.23. The van der Waals surface area contributed by atoms with E-state index in [0.717, 1.165) is 10.5 Å². The van der Waals surface area contributed by atoms with E-state index >= 15 is 0 Å². The van der Waals surface area contributed by atoms with Crippen molar-refractivity contribution >= 4 is 23.4 Å². The van der Waals surface area contributed by atoms with Crippen LogP contribution in [0.15, 0.2) is 48.5 Å². The second-order valence-electron chi connectivity index (χ2n) is 6.22. The van der Waals surface area contributed by atoms with Gasteiger partial charge in [-0.1, -0.05) is 17.7 Å². The Morgan fingerprint density at radius 1 is 1.11 bits per heavy atom. The molecule has 0 radical (unpaired) electrons. The summed E-state index contributed by atoms with van der Waals surface area (Å²) in [5.41, 5.74) is 7.15. The Balaban J connectivity index is 1.63. The van der Waals surface area contributed by atoms with Gasteiger partial charge in [0.15, 0.2) is 0 Å². The van der Waals surface area contributed by atoms with E-state index in [1.165, 1.54) is 0 Å². The molecule has 0 saturated carbocycles. The molecule has 1 atom stereocenters. The van der Waals surface area contributed by atoms with E-state index in [1.54, 1.807) is 36.4 Å². The number of amides is 3. The van der Waals surface area contributed by atoms with Crippen molar-refractivity contribution in [3.05, 3.63) is 59.7 Å². The zero-order valence-corrected chi connectivity index (χ0v) is 15.2. The van der Waals surface area contributed by atoms with E-state index in [1.807, 2.05) is 26.0 Å². The minimum Gasteiger partial charge on any atom is -0.494 e. The Labute approximate surface area is 157 Å². The first kappa shape index (κ1) is 18.6. The van der Waals surface area contributed by atoms with Crippen LogP contribution < -0.4 is 20.5 Å².